The minimum absolute atomic E-state index is 0.245. The van der Waals surface area contributed by atoms with Gasteiger partial charge in [-0.05, 0) is 18.6 Å². The number of carboxylic acids is 1. The van der Waals surface area contributed by atoms with Gasteiger partial charge in [-0.15, -0.1) is 0 Å². The van der Waals surface area contributed by atoms with Crippen molar-refractivity contribution in [3.63, 3.8) is 0 Å². The minimum Gasteiger partial charge on any atom is -0.477 e. The van der Waals surface area contributed by atoms with Crippen LogP contribution in [-0.4, -0.2) is 31.2 Å². The molecular formula is C12H9NO6S. The van der Waals surface area contributed by atoms with Crippen LogP contribution in [0.4, 0.5) is 0 Å². The van der Waals surface area contributed by atoms with E-state index in [1.807, 2.05) is 0 Å². The van der Waals surface area contributed by atoms with E-state index >= 15 is 0 Å². The molecule has 1 aliphatic heterocycles. The second-order valence-corrected chi connectivity index (χ2v) is 5.49. The normalized spacial score (nSPS) is 16.2. The molecule has 0 spiro atoms. The molecule has 8 heteroatoms. The summed E-state index contributed by atoms with van der Waals surface area (Å²) in [5, 5.41) is 8.71. The molecule has 1 aromatic rings. The van der Waals surface area contributed by atoms with Crippen molar-refractivity contribution in [3.8, 4) is 5.75 Å². The van der Waals surface area contributed by atoms with Gasteiger partial charge in [-0.25, -0.2) is 9.59 Å². The van der Waals surface area contributed by atoms with E-state index in [4.69, 9.17) is 9.84 Å². The smallest absolute Gasteiger partial charge is 0.363 e. The monoisotopic (exact) mass is 295 g/mol. The van der Waals surface area contributed by atoms with Gasteiger partial charge >= 0.3 is 11.9 Å². The number of hydrogen-bond acceptors (Lipinski definition) is 5. The topological polar surface area (TPSA) is 110 Å². The molecule has 0 atom stereocenters. The zero-order valence-corrected chi connectivity index (χ0v) is 11.0. The van der Waals surface area contributed by atoms with Gasteiger partial charge in [0.1, 0.15) is 5.75 Å². The molecule has 0 amide bonds. The van der Waals surface area contributed by atoms with Gasteiger partial charge in [-0.3, -0.25) is 0 Å². The molecule has 104 valence electrons. The Bertz CT molecular complexity index is 760. The Labute approximate surface area is 114 Å². The maximum Gasteiger partial charge on any atom is 0.363 e. The Morgan fingerprint density at radius 1 is 1.25 bits per heavy atom. The summed E-state index contributed by atoms with van der Waals surface area (Å²) in [5.41, 5.74) is 0.107. The molecule has 2 rings (SSSR count). The number of nitrogens with zero attached hydrogens (tertiary/aromatic N) is 1. The molecule has 0 saturated heterocycles. The van der Waals surface area contributed by atoms with Crippen LogP contribution in [0.5, 0.6) is 5.75 Å². The molecule has 0 bridgehead atoms. The van der Waals surface area contributed by atoms with E-state index in [0.29, 0.717) is 11.6 Å². The second kappa shape index (κ2) is 4.89. The molecule has 0 aliphatic carbocycles. The molecule has 0 unspecified atom stereocenters. The Morgan fingerprint density at radius 3 is 2.45 bits per heavy atom. The molecule has 0 aromatic heterocycles. The molecule has 0 fully saturated rings. The lowest BCUT2D eigenvalue weighted by atomic mass is 10.2. The number of para-hydroxylation sites is 1. The third-order valence-electron chi connectivity index (χ3n) is 2.48. The van der Waals surface area contributed by atoms with E-state index < -0.39 is 32.6 Å². The third kappa shape index (κ3) is 2.59. The van der Waals surface area contributed by atoms with Crippen LogP contribution in [-0.2, 0) is 19.6 Å². The summed E-state index contributed by atoms with van der Waals surface area (Å²) in [6, 6.07) is 6.61. The summed E-state index contributed by atoms with van der Waals surface area (Å²) in [5.74, 6) is -2.46. The first-order chi connectivity index (χ1) is 9.31. The van der Waals surface area contributed by atoms with Crippen LogP contribution in [0.2, 0.25) is 0 Å². The van der Waals surface area contributed by atoms with Gasteiger partial charge in [-0.2, -0.15) is 12.8 Å². The number of rotatable bonds is 3. The van der Waals surface area contributed by atoms with E-state index in [1.54, 1.807) is 25.1 Å². The number of carbonyl (C=O) groups is 2. The quantitative estimate of drug-likeness (QED) is 0.647. The van der Waals surface area contributed by atoms with Crippen molar-refractivity contribution in [2.75, 3.05) is 0 Å². The fourth-order valence-electron chi connectivity index (χ4n) is 1.49. The number of carbonyl (C=O) groups excluding carboxylic acids is 1. The summed E-state index contributed by atoms with van der Waals surface area (Å²) in [6.07, 6.45) is 0.679. The van der Waals surface area contributed by atoms with Crippen molar-refractivity contribution in [2.24, 2.45) is 4.40 Å². The number of ether oxygens (including phenoxy) is 1. The van der Waals surface area contributed by atoms with Crippen molar-refractivity contribution in [1.82, 2.24) is 0 Å². The lowest BCUT2D eigenvalue weighted by Crippen LogP contribution is -2.18. The first-order valence-electron chi connectivity index (χ1n) is 5.39. The van der Waals surface area contributed by atoms with Gasteiger partial charge in [0.2, 0.25) is 0 Å². The first kappa shape index (κ1) is 13.9. The minimum atomic E-state index is -4.33. The summed E-state index contributed by atoms with van der Waals surface area (Å²) >= 11 is 0. The summed E-state index contributed by atoms with van der Waals surface area (Å²) in [7, 11) is -4.33. The molecule has 1 heterocycles. The Kier molecular flexibility index (Phi) is 3.41. The average Bonchev–Trinajstić information content (AvgIpc) is 2.68. The van der Waals surface area contributed by atoms with Crippen molar-refractivity contribution < 1.29 is 27.9 Å². The van der Waals surface area contributed by atoms with Gasteiger partial charge in [0.25, 0.3) is 10.0 Å². The SMILES string of the molecule is Cc1ccccc1OC(=O)C1=NS(=O)(=O)C(C(=O)O)=C1. The molecule has 1 aromatic carbocycles. The number of esters is 1. The summed E-state index contributed by atoms with van der Waals surface area (Å²) in [4.78, 5) is 21.5. The van der Waals surface area contributed by atoms with Crippen LogP contribution in [0.3, 0.4) is 0 Å². The van der Waals surface area contributed by atoms with Gasteiger partial charge < -0.3 is 9.84 Å². The highest BCUT2D eigenvalue weighted by molar-refractivity contribution is 7.95. The zero-order valence-electron chi connectivity index (χ0n) is 10.2. The third-order valence-corrected chi connectivity index (χ3v) is 3.77. The van der Waals surface area contributed by atoms with E-state index in [1.165, 1.54) is 6.07 Å². The predicted molar refractivity (Wildman–Crippen MR) is 68.9 cm³/mol. The number of hydrogen-bond donors (Lipinski definition) is 1. The maximum absolute atomic E-state index is 11.8. The van der Waals surface area contributed by atoms with Crippen molar-refractivity contribution >= 4 is 27.7 Å². The highest BCUT2D eigenvalue weighted by atomic mass is 32.2. The largest absolute Gasteiger partial charge is 0.477 e. The van der Waals surface area contributed by atoms with Crippen molar-refractivity contribution in [3.05, 3.63) is 40.8 Å². The molecule has 0 saturated carbocycles. The standard InChI is InChI=1S/C12H9NO6S/c1-7-4-2-3-5-9(7)19-12(16)8-6-10(11(14)15)20(17,18)13-8/h2-6H,1H3,(H,14,15). The zero-order chi connectivity index (χ0) is 14.9. The van der Waals surface area contributed by atoms with E-state index in [2.05, 4.69) is 4.40 Å². The second-order valence-electron chi connectivity index (χ2n) is 3.92. The Balaban J connectivity index is 2.29. The highest BCUT2D eigenvalue weighted by Gasteiger charge is 2.33. The number of aryl methyl sites for hydroxylation is 1. The van der Waals surface area contributed by atoms with Crippen LogP contribution >= 0.6 is 0 Å². The summed E-state index contributed by atoms with van der Waals surface area (Å²) in [6.45, 7) is 1.70. The molecule has 20 heavy (non-hydrogen) atoms. The van der Waals surface area contributed by atoms with Crippen LogP contribution in [0, 0.1) is 6.92 Å². The number of sulfonamides is 1. The van der Waals surface area contributed by atoms with Gasteiger partial charge in [0, 0.05) is 6.08 Å². The molecular weight excluding hydrogens is 286 g/mol. The van der Waals surface area contributed by atoms with Crippen molar-refractivity contribution in [1.29, 1.82) is 0 Å². The summed E-state index contributed by atoms with van der Waals surface area (Å²) < 4.78 is 30.9. The van der Waals surface area contributed by atoms with Crippen molar-refractivity contribution in [2.45, 2.75) is 6.92 Å². The van der Waals surface area contributed by atoms with E-state index in [-0.39, 0.29) is 5.75 Å². The van der Waals surface area contributed by atoms with E-state index in [9.17, 15) is 18.0 Å². The fourth-order valence-corrected chi connectivity index (χ4v) is 2.46. The number of aliphatic carboxylic acids is 1. The molecule has 7 nitrogen and oxygen atoms in total. The van der Waals surface area contributed by atoms with Crippen LogP contribution in [0.15, 0.2) is 39.6 Å². The van der Waals surface area contributed by atoms with E-state index in [0.717, 1.165) is 0 Å². The van der Waals surface area contributed by atoms with Gasteiger partial charge in [0.05, 0.1) is 0 Å². The molecule has 1 N–H and O–H groups in total. The van der Waals surface area contributed by atoms with Crippen LogP contribution in [0.1, 0.15) is 5.56 Å². The maximum atomic E-state index is 11.8. The lowest BCUT2D eigenvalue weighted by molar-refractivity contribution is -0.131. The van der Waals surface area contributed by atoms with Crippen LogP contribution in [0.25, 0.3) is 0 Å². The fraction of sp³-hybridized carbons (Fsp3) is 0.0833. The molecule has 1 aliphatic rings. The first-order valence-corrected chi connectivity index (χ1v) is 6.83. The van der Waals surface area contributed by atoms with Gasteiger partial charge in [-0.1, -0.05) is 18.2 Å². The molecule has 0 radical (unpaired) electrons. The van der Waals surface area contributed by atoms with Crippen LogP contribution < -0.4 is 4.74 Å². The average molecular weight is 295 g/mol. The van der Waals surface area contributed by atoms with Gasteiger partial charge in [0.15, 0.2) is 10.6 Å². The number of benzene rings is 1. The Morgan fingerprint density at radius 2 is 1.90 bits per heavy atom. The number of carboxylic acid groups (broad SMARTS) is 1. The lowest BCUT2D eigenvalue weighted by Gasteiger charge is -2.05. The predicted octanol–water partition coefficient (Wildman–Crippen LogP) is 0.653. The highest BCUT2D eigenvalue weighted by Crippen LogP contribution is 2.20. The Hall–Kier alpha value is -2.48.